The molecule has 0 aliphatic heterocycles. The van der Waals surface area contributed by atoms with E-state index in [-0.39, 0.29) is 13.2 Å². The maximum Gasteiger partial charge on any atom is 0.344 e. The van der Waals surface area contributed by atoms with Gasteiger partial charge in [0.25, 0.3) is 0 Å². The Morgan fingerprint density at radius 2 is 2.24 bits per heavy atom. The first-order chi connectivity index (χ1) is 8.17. The van der Waals surface area contributed by atoms with Crippen molar-refractivity contribution in [1.82, 2.24) is 0 Å². The Morgan fingerprint density at radius 3 is 2.88 bits per heavy atom. The van der Waals surface area contributed by atoms with Crippen LogP contribution in [-0.2, 0) is 9.53 Å². The molecule has 4 nitrogen and oxygen atoms in total. The average Bonchev–Trinajstić information content (AvgIpc) is 2.34. The van der Waals surface area contributed by atoms with Gasteiger partial charge in [0, 0.05) is 4.47 Å². The molecule has 5 heteroatoms. The van der Waals surface area contributed by atoms with Crippen LogP contribution >= 0.6 is 15.9 Å². The maximum absolute atomic E-state index is 11.1. The van der Waals surface area contributed by atoms with Crippen molar-refractivity contribution in [3.05, 3.63) is 40.9 Å². The number of ether oxygens (including phenoxy) is 2. The summed E-state index contributed by atoms with van der Waals surface area (Å²) < 4.78 is 10.7. The van der Waals surface area contributed by atoms with E-state index in [2.05, 4.69) is 22.5 Å². The van der Waals surface area contributed by atoms with Gasteiger partial charge >= 0.3 is 5.97 Å². The molecule has 90 valence electrons. The highest BCUT2D eigenvalue weighted by molar-refractivity contribution is 9.10. The number of hydrogen-bond acceptors (Lipinski definition) is 4. The number of esters is 1. The molecule has 0 radical (unpaired) electrons. The van der Waals surface area contributed by atoms with Gasteiger partial charge in [-0.1, -0.05) is 28.6 Å². The van der Waals surface area contributed by atoms with Gasteiger partial charge in [0.2, 0.25) is 0 Å². The molecule has 0 saturated carbocycles. The second-order valence-electron chi connectivity index (χ2n) is 3.06. The van der Waals surface area contributed by atoms with E-state index in [1.54, 1.807) is 18.2 Å². The molecule has 1 rings (SSSR count). The maximum atomic E-state index is 11.1. The zero-order valence-corrected chi connectivity index (χ0v) is 10.6. The summed E-state index contributed by atoms with van der Waals surface area (Å²) in [5.74, 6) is -0.163. The molecule has 17 heavy (non-hydrogen) atoms. The summed E-state index contributed by atoms with van der Waals surface area (Å²) >= 11 is 3.23. The SMILES string of the molecule is C=CCOC(=O)COc1ccc(Br)cc1C=O. The first-order valence-electron chi connectivity index (χ1n) is 4.81. The largest absolute Gasteiger partial charge is 0.481 e. The van der Waals surface area contributed by atoms with E-state index < -0.39 is 5.97 Å². The van der Waals surface area contributed by atoms with Crippen molar-refractivity contribution < 1.29 is 19.1 Å². The van der Waals surface area contributed by atoms with E-state index in [9.17, 15) is 9.59 Å². The van der Waals surface area contributed by atoms with Crippen molar-refractivity contribution >= 4 is 28.2 Å². The van der Waals surface area contributed by atoms with Crippen LogP contribution in [0.4, 0.5) is 0 Å². The minimum atomic E-state index is -0.510. The summed E-state index contributed by atoms with van der Waals surface area (Å²) in [6.07, 6.45) is 2.13. The Labute approximate surface area is 107 Å². The third-order valence-electron chi connectivity index (χ3n) is 1.81. The highest BCUT2D eigenvalue weighted by Gasteiger charge is 2.07. The summed E-state index contributed by atoms with van der Waals surface area (Å²) in [6, 6.07) is 4.93. The lowest BCUT2D eigenvalue weighted by Gasteiger charge is -2.07. The second kappa shape index (κ2) is 6.85. The van der Waals surface area contributed by atoms with Crippen molar-refractivity contribution in [3.63, 3.8) is 0 Å². The van der Waals surface area contributed by atoms with Crippen LogP contribution in [0.1, 0.15) is 10.4 Å². The van der Waals surface area contributed by atoms with Gasteiger partial charge in [-0.25, -0.2) is 4.79 Å². The van der Waals surface area contributed by atoms with Crippen LogP contribution in [0, 0.1) is 0 Å². The Hall–Kier alpha value is -1.62. The van der Waals surface area contributed by atoms with Crippen LogP contribution in [0.3, 0.4) is 0 Å². The zero-order valence-electron chi connectivity index (χ0n) is 9.02. The lowest BCUT2D eigenvalue weighted by Crippen LogP contribution is -2.15. The van der Waals surface area contributed by atoms with Crippen LogP contribution in [0.2, 0.25) is 0 Å². The number of halogens is 1. The molecule has 0 aromatic heterocycles. The van der Waals surface area contributed by atoms with Gasteiger partial charge < -0.3 is 9.47 Å². The van der Waals surface area contributed by atoms with Crippen molar-refractivity contribution in [2.45, 2.75) is 0 Å². The summed E-state index contributed by atoms with van der Waals surface area (Å²) in [5.41, 5.74) is 0.371. The van der Waals surface area contributed by atoms with E-state index in [0.717, 1.165) is 4.47 Å². The Balaban J connectivity index is 2.59. The van der Waals surface area contributed by atoms with E-state index >= 15 is 0 Å². The highest BCUT2D eigenvalue weighted by Crippen LogP contribution is 2.21. The summed E-state index contributed by atoms with van der Waals surface area (Å²) in [7, 11) is 0. The molecule has 0 N–H and O–H groups in total. The molecular weight excluding hydrogens is 288 g/mol. The first kappa shape index (κ1) is 13.4. The van der Waals surface area contributed by atoms with Crippen LogP contribution in [-0.4, -0.2) is 25.5 Å². The monoisotopic (exact) mass is 298 g/mol. The van der Waals surface area contributed by atoms with Crippen LogP contribution in [0.25, 0.3) is 0 Å². The lowest BCUT2D eigenvalue weighted by atomic mass is 10.2. The van der Waals surface area contributed by atoms with Gasteiger partial charge in [0.1, 0.15) is 12.4 Å². The Bertz CT molecular complexity index is 429. The highest BCUT2D eigenvalue weighted by atomic mass is 79.9. The Kier molecular flexibility index (Phi) is 5.42. The molecule has 0 saturated heterocycles. The molecule has 0 aliphatic carbocycles. The molecule has 0 aliphatic rings. The molecular formula is C12H11BrO4. The summed E-state index contributed by atoms with van der Waals surface area (Å²) in [4.78, 5) is 21.9. The minimum Gasteiger partial charge on any atom is -0.481 e. The van der Waals surface area contributed by atoms with Gasteiger partial charge in [-0.2, -0.15) is 0 Å². The fourth-order valence-electron chi connectivity index (χ4n) is 1.07. The zero-order chi connectivity index (χ0) is 12.7. The number of aldehydes is 1. The average molecular weight is 299 g/mol. The number of carbonyl (C=O) groups is 2. The fraction of sp³-hybridized carbons (Fsp3) is 0.167. The van der Waals surface area contributed by atoms with Gasteiger partial charge in [0.05, 0.1) is 5.56 Å². The van der Waals surface area contributed by atoms with Crippen LogP contribution in [0.15, 0.2) is 35.3 Å². The molecule has 0 spiro atoms. The molecule has 0 unspecified atom stereocenters. The topological polar surface area (TPSA) is 52.6 Å². The molecule has 0 bridgehead atoms. The summed E-state index contributed by atoms with van der Waals surface area (Å²) in [6.45, 7) is 3.32. The van der Waals surface area contributed by atoms with Crippen molar-refractivity contribution in [2.75, 3.05) is 13.2 Å². The number of hydrogen-bond donors (Lipinski definition) is 0. The smallest absolute Gasteiger partial charge is 0.344 e. The third kappa shape index (κ3) is 4.40. The number of carbonyl (C=O) groups excluding carboxylic acids is 2. The third-order valence-corrected chi connectivity index (χ3v) is 2.30. The second-order valence-corrected chi connectivity index (χ2v) is 3.98. The van der Waals surface area contributed by atoms with Crippen LogP contribution in [0.5, 0.6) is 5.75 Å². The van der Waals surface area contributed by atoms with Gasteiger partial charge in [0.15, 0.2) is 12.9 Å². The molecule has 0 fully saturated rings. The fourth-order valence-corrected chi connectivity index (χ4v) is 1.45. The van der Waals surface area contributed by atoms with Crippen molar-refractivity contribution in [2.24, 2.45) is 0 Å². The lowest BCUT2D eigenvalue weighted by molar-refractivity contribution is -0.144. The van der Waals surface area contributed by atoms with Gasteiger partial charge in [-0.15, -0.1) is 0 Å². The molecule has 0 atom stereocenters. The number of benzene rings is 1. The molecule has 1 aromatic rings. The predicted octanol–water partition coefficient (Wildman–Crippen LogP) is 2.37. The van der Waals surface area contributed by atoms with Crippen LogP contribution < -0.4 is 4.74 Å². The number of rotatable bonds is 6. The predicted molar refractivity (Wildman–Crippen MR) is 66.2 cm³/mol. The van der Waals surface area contributed by atoms with E-state index in [1.165, 1.54) is 6.08 Å². The standard InChI is InChI=1S/C12H11BrO4/c1-2-5-16-12(15)8-17-11-4-3-10(13)6-9(11)7-14/h2-4,6-7H,1,5,8H2. The van der Waals surface area contributed by atoms with Crippen molar-refractivity contribution in [1.29, 1.82) is 0 Å². The summed E-state index contributed by atoms with van der Waals surface area (Å²) in [5, 5.41) is 0. The van der Waals surface area contributed by atoms with E-state index in [1.807, 2.05) is 0 Å². The quantitative estimate of drug-likeness (QED) is 0.460. The first-order valence-corrected chi connectivity index (χ1v) is 5.60. The van der Waals surface area contributed by atoms with E-state index in [0.29, 0.717) is 17.6 Å². The molecule has 1 aromatic carbocycles. The van der Waals surface area contributed by atoms with Crippen molar-refractivity contribution in [3.8, 4) is 5.75 Å². The molecule has 0 heterocycles. The van der Waals surface area contributed by atoms with E-state index in [4.69, 9.17) is 9.47 Å². The Morgan fingerprint density at radius 1 is 1.47 bits per heavy atom. The normalized spacial score (nSPS) is 9.47. The van der Waals surface area contributed by atoms with Gasteiger partial charge in [-0.3, -0.25) is 4.79 Å². The minimum absolute atomic E-state index is 0.142. The molecule has 0 amide bonds. The van der Waals surface area contributed by atoms with Gasteiger partial charge in [-0.05, 0) is 18.2 Å².